The minimum atomic E-state index is 0.576. The van der Waals surface area contributed by atoms with E-state index in [-0.39, 0.29) is 0 Å². The van der Waals surface area contributed by atoms with Crippen LogP contribution in [0, 0.1) is 0 Å². The lowest BCUT2D eigenvalue weighted by Crippen LogP contribution is -2.38. The van der Waals surface area contributed by atoms with Crippen molar-refractivity contribution in [2.45, 2.75) is 38.8 Å². The first kappa shape index (κ1) is 10.4. The molecule has 82 valence electrons. The van der Waals surface area contributed by atoms with Crippen molar-refractivity contribution >= 4 is 5.82 Å². The SMILES string of the molecule is C[C@@H]1CCCCN1c1ncccc1CN. The zero-order valence-corrected chi connectivity index (χ0v) is 9.32. The van der Waals surface area contributed by atoms with Gasteiger partial charge in [0.2, 0.25) is 0 Å². The topological polar surface area (TPSA) is 42.2 Å². The van der Waals surface area contributed by atoms with Crippen LogP contribution in [0.1, 0.15) is 31.7 Å². The van der Waals surface area contributed by atoms with Gasteiger partial charge in [-0.2, -0.15) is 0 Å². The van der Waals surface area contributed by atoms with E-state index in [1.807, 2.05) is 12.3 Å². The van der Waals surface area contributed by atoms with Crippen LogP contribution in [0.4, 0.5) is 5.82 Å². The molecule has 1 atom stereocenters. The Hall–Kier alpha value is -1.09. The van der Waals surface area contributed by atoms with E-state index in [2.05, 4.69) is 22.9 Å². The molecule has 0 radical (unpaired) electrons. The molecule has 0 aromatic carbocycles. The van der Waals surface area contributed by atoms with Gasteiger partial charge in [-0.25, -0.2) is 4.98 Å². The van der Waals surface area contributed by atoms with Crippen LogP contribution in [0.2, 0.25) is 0 Å². The van der Waals surface area contributed by atoms with E-state index in [9.17, 15) is 0 Å². The number of piperidine rings is 1. The Morgan fingerprint density at radius 3 is 3.13 bits per heavy atom. The lowest BCUT2D eigenvalue weighted by atomic mass is 10.0. The highest BCUT2D eigenvalue weighted by Gasteiger charge is 2.20. The van der Waals surface area contributed by atoms with Crippen LogP contribution in [-0.2, 0) is 6.54 Å². The summed E-state index contributed by atoms with van der Waals surface area (Å²) < 4.78 is 0. The van der Waals surface area contributed by atoms with Crippen molar-refractivity contribution in [3.8, 4) is 0 Å². The lowest BCUT2D eigenvalue weighted by molar-refractivity contribution is 0.480. The predicted molar refractivity (Wildman–Crippen MR) is 62.8 cm³/mol. The summed E-state index contributed by atoms with van der Waals surface area (Å²) in [7, 11) is 0. The molecule has 0 unspecified atom stereocenters. The highest BCUT2D eigenvalue weighted by molar-refractivity contribution is 5.47. The summed E-state index contributed by atoms with van der Waals surface area (Å²) in [6, 6.07) is 4.63. The molecule has 2 N–H and O–H groups in total. The van der Waals surface area contributed by atoms with E-state index >= 15 is 0 Å². The maximum atomic E-state index is 5.74. The third-order valence-corrected chi connectivity index (χ3v) is 3.16. The Kier molecular flexibility index (Phi) is 3.21. The van der Waals surface area contributed by atoms with E-state index in [1.165, 1.54) is 19.3 Å². The maximum absolute atomic E-state index is 5.74. The minimum Gasteiger partial charge on any atom is -0.354 e. The highest BCUT2D eigenvalue weighted by atomic mass is 15.2. The predicted octanol–water partition coefficient (Wildman–Crippen LogP) is 1.92. The highest BCUT2D eigenvalue weighted by Crippen LogP contribution is 2.25. The van der Waals surface area contributed by atoms with Gasteiger partial charge in [0.25, 0.3) is 0 Å². The van der Waals surface area contributed by atoms with Crippen molar-refractivity contribution in [3.05, 3.63) is 23.9 Å². The average Bonchev–Trinajstić information content (AvgIpc) is 2.30. The van der Waals surface area contributed by atoms with Gasteiger partial charge in [-0.3, -0.25) is 0 Å². The lowest BCUT2D eigenvalue weighted by Gasteiger charge is -2.35. The van der Waals surface area contributed by atoms with Crippen LogP contribution in [0.25, 0.3) is 0 Å². The van der Waals surface area contributed by atoms with Gasteiger partial charge >= 0.3 is 0 Å². The summed E-state index contributed by atoms with van der Waals surface area (Å²) in [6.45, 7) is 3.96. The van der Waals surface area contributed by atoms with E-state index < -0.39 is 0 Å². The molecule has 0 spiro atoms. The van der Waals surface area contributed by atoms with E-state index in [1.54, 1.807) is 0 Å². The van der Waals surface area contributed by atoms with E-state index in [0.29, 0.717) is 12.6 Å². The number of nitrogens with zero attached hydrogens (tertiary/aromatic N) is 2. The molecular weight excluding hydrogens is 186 g/mol. The van der Waals surface area contributed by atoms with Crippen LogP contribution in [0.15, 0.2) is 18.3 Å². The molecule has 2 rings (SSSR count). The first-order valence-corrected chi connectivity index (χ1v) is 5.73. The Labute approximate surface area is 91.3 Å². The molecular formula is C12H19N3. The number of nitrogens with two attached hydrogens (primary N) is 1. The molecule has 0 bridgehead atoms. The second-order valence-electron chi connectivity index (χ2n) is 4.23. The summed E-state index contributed by atoms with van der Waals surface area (Å²) in [5, 5.41) is 0. The van der Waals surface area contributed by atoms with Gasteiger partial charge in [0, 0.05) is 30.9 Å². The monoisotopic (exact) mass is 205 g/mol. The van der Waals surface area contributed by atoms with Crippen LogP contribution in [0.5, 0.6) is 0 Å². The van der Waals surface area contributed by atoms with Crippen molar-refractivity contribution < 1.29 is 0 Å². The van der Waals surface area contributed by atoms with E-state index in [0.717, 1.165) is 17.9 Å². The Bertz CT molecular complexity index is 324. The molecule has 3 nitrogen and oxygen atoms in total. The molecule has 1 aromatic rings. The molecule has 1 aromatic heterocycles. The smallest absolute Gasteiger partial charge is 0.133 e. The van der Waals surface area contributed by atoms with Crippen LogP contribution < -0.4 is 10.6 Å². The molecule has 15 heavy (non-hydrogen) atoms. The summed E-state index contributed by atoms with van der Waals surface area (Å²) in [5.74, 6) is 1.09. The van der Waals surface area contributed by atoms with Gasteiger partial charge in [0.1, 0.15) is 5.82 Å². The summed E-state index contributed by atoms with van der Waals surface area (Å²) in [5.41, 5.74) is 6.89. The van der Waals surface area contributed by atoms with Gasteiger partial charge < -0.3 is 10.6 Å². The van der Waals surface area contributed by atoms with Crippen LogP contribution in [-0.4, -0.2) is 17.6 Å². The van der Waals surface area contributed by atoms with Gasteiger partial charge in [-0.1, -0.05) is 6.07 Å². The molecule has 0 amide bonds. The number of aromatic nitrogens is 1. The molecule has 1 aliphatic heterocycles. The molecule has 3 heteroatoms. The maximum Gasteiger partial charge on any atom is 0.133 e. The zero-order valence-electron chi connectivity index (χ0n) is 9.32. The molecule has 1 saturated heterocycles. The van der Waals surface area contributed by atoms with Crippen molar-refractivity contribution in [1.82, 2.24) is 4.98 Å². The number of rotatable bonds is 2. The molecule has 0 aliphatic carbocycles. The first-order chi connectivity index (χ1) is 7.33. The zero-order chi connectivity index (χ0) is 10.7. The van der Waals surface area contributed by atoms with Crippen molar-refractivity contribution in [2.75, 3.05) is 11.4 Å². The minimum absolute atomic E-state index is 0.576. The van der Waals surface area contributed by atoms with E-state index in [4.69, 9.17) is 5.73 Å². The molecule has 1 aliphatic rings. The second kappa shape index (κ2) is 4.62. The van der Waals surface area contributed by atoms with Crippen molar-refractivity contribution in [1.29, 1.82) is 0 Å². The summed E-state index contributed by atoms with van der Waals surface area (Å²) in [4.78, 5) is 6.86. The normalized spacial score (nSPS) is 21.7. The van der Waals surface area contributed by atoms with Crippen molar-refractivity contribution in [2.24, 2.45) is 5.73 Å². The van der Waals surface area contributed by atoms with Gasteiger partial charge in [-0.05, 0) is 32.3 Å². The average molecular weight is 205 g/mol. The molecule has 2 heterocycles. The van der Waals surface area contributed by atoms with Gasteiger partial charge in [0.05, 0.1) is 0 Å². The molecule has 1 fully saturated rings. The standard InChI is InChI=1S/C12H19N3/c1-10-5-2-3-8-15(10)12-11(9-13)6-4-7-14-12/h4,6-7,10H,2-3,5,8-9,13H2,1H3/t10-/m1/s1. The second-order valence-corrected chi connectivity index (χ2v) is 4.23. The first-order valence-electron chi connectivity index (χ1n) is 5.73. The number of hydrogen-bond donors (Lipinski definition) is 1. The fourth-order valence-corrected chi connectivity index (χ4v) is 2.26. The fraction of sp³-hybridized carbons (Fsp3) is 0.583. The Morgan fingerprint density at radius 1 is 1.53 bits per heavy atom. The molecule has 0 saturated carbocycles. The fourth-order valence-electron chi connectivity index (χ4n) is 2.26. The van der Waals surface area contributed by atoms with Gasteiger partial charge in [0.15, 0.2) is 0 Å². The summed E-state index contributed by atoms with van der Waals surface area (Å²) in [6.07, 6.45) is 5.73. The summed E-state index contributed by atoms with van der Waals surface area (Å²) >= 11 is 0. The number of hydrogen-bond acceptors (Lipinski definition) is 3. The largest absolute Gasteiger partial charge is 0.354 e. The number of pyridine rings is 1. The quantitative estimate of drug-likeness (QED) is 0.802. The Morgan fingerprint density at radius 2 is 2.40 bits per heavy atom. The van der Waals surface area contributed by atoms with Crippen LogP contribution >= 0.6 is 0 Å². The third-order valence-electron chi connectivity index (χ3n) is 3.16. The third kappa shape index (κ3) is 2.12. The van der Waals surface area contributed by atoms with Gasteiger partial charge in [-0.15, -0.1) is 0 Å². The van der Waals surface area contributed by atoms with Crippen molar-refractivity contribution in [3.63, 3.8) is 0 Å². The van der Waals surface area contributed by atoms with Crippen LogP contribution in [0.3, 0.4) is 0 Å². The Balaban J connectivity index is 2.26. The number of anilines is 1.